The molecule has 22 heavy (non-hydrogen) atoms. The molecule has 0 aliphatic carbocycles. The first-order valence-electron chi connectivity index (χ1n) is 7.08. The highest BCUT2D eigenvalue weighted by Crippen LogP contribution is 2.25. The van der Waals surface area contributed by atoms with Gasteiger partial charge in [-0.05, 0) is 19.4 Å². The molecule has 0 atom stereocenters. The summed E-state index contributed by atoms with van der Waals surface area (Å²) in [5, 5.41) is 12.0. The Morgan fingerprint density at radius 1 is 1.32 bits per heavy atom. The average Bonchev–Trinajstić information content (AvgIpc) is 2.95. The van der Waals surface area contributed by atoms with Crippen molar-refractivity contribution in [3.05, 3.63) is 35.4 Å². The Hall–Kier alpha value is -1.60. The smallest absolute Gasteiger partial charge is 0.233 e. The molecule has 2 rings (SSSR count). The van der Waals surface area contributed by atoms with E-state index in [-0.39, 0.29) is 5.91 Å². The molecular weight excluding hydrogens is 316 g/mol. The number of hydrogen-bond acceptors (Lipinski definition) is 6. The quantitative estimate of drug-likeness (QED) is 0.788. The van der Waals surface area contributed by atoms with Crippen molar-refractivity contribution < 1.29 is 4.79 Å². The predicted octanol–water partition coefficient (Wildman–Crippen LogP) is 3.03. The Labute approximate surface area is 139 Å². The summed E-state index contributed by atoms with van der Waals surface area (Å²) in [7, 11) is 1.83. The first-order valence-corrected chi connectivity index (χ1v) is 8.88. The second kappa shape index (κ2) is 8.14. The van der Waals surface area contributed by atoms with Gasteiger partial charge in [-0.3, -0.25) is 4.79 Å². The molecule has 1 aromatic carbocycles. The van der Waals surface area contributed by atoms with Crippen LogP contribution in [0.25, 0.3) is 0 Å². The van der Waals surface area contributed by atoms with Crippen LogP contribution < -0.4 is 5.32 Å². The Balaban J connectivity index is 1.81. The van der Waals surface area contributed by atoms with Gasteiger partial charge < -0.3 is 10.2 Å². The number of hydrogen-bond donors (Lipinski definition) is 1. The lowest BCUT2D eigenvalue weighted by Gasteiger charge is -2.16. The second-order valence-corrected chi connectivity index (χ2v) is 7.13. The van der Waals surface area contributed by atoms with Crippen LogP contribution >= 0.6 is 23.1 Å². The maximum absolute atomic E-state index is 12.2. The number of aryl methyl sites for hydroxylation is 1. The fourth-order valence-electron chi connectivity index (χ4n) is 1.78. The number of carbonyl (C=O) groups is 1. The number of thioether (sulfide) groups is 1. The molecule has 118 valence electrons. The summed E-state index contributed by atoms with van der Waals surface area (Å²) >= 11 is 2.91. The molecule has 1 heterocycles. The van der Waals surface area contributed by atoms with Crippen LogP contribution in [-0.4, -0.2) is 40.3 Å². The van der Waals surface area contributed by atoms with E-state index in [1.807, 2.05) is 14.0 Å². The van der Waals surface area contributed by atoms with Crippen molar-refractivity contribution in [2.24, 2.45) is 0 Å². The van der Waals surface area contributed by atoms with E-state index in [1.165, 1.54) is 28.7 Å². The van der Waals surface area contributed by atoms with E-state index in [0.29, 0.717) is 12.3 Å². The maximum atomic E-state index is 12.2. The van der Waals surface area contributed by atoms with Gasteiger partial charge in [-0.2, -0.15) is 0 Å². The molecule has 0 aliphatic rings. The molecule has 0 bridgehead atoms. The molecule has 2 aromatic rings. The molecular formula is C15H20N4OS2. The van der Waals surface area contributed by atoms with E-state index >= 15 is 0 Å². The summed E-state index contributed by atoms with van der Waals surface area (Å²) in [6.07, 6.45) is 0. The number of benzene rings is 1. The molecule has 0 saturated heterocycles. The average molecular weight is 336 g/mol. The molecule has 0 unspecified atom stereocenters. The molecule has 7 heteroatoms. The summed E-state index contributed by atoms with van der Waals surface area (Å²) in [6, 6.07) is 8.23. The minimum absolute atomic E-state index is 0.0887. The van der Waals surface area contributed by atoms with Crippen LogP contribution in [0.4, 0.5) is 5.13 Å². The molecule has 0 fully saturated rings. The van der Waals surface area contributed by atoms with Crippen molar-refractivity contribution in [2.45, 2.75) is 24.7 Å². The van der Waals surface area contributed by atoms with Crippen LogP contribution in [0.5, 0.6) is 0 Å². The van der Waals surface area contributed by atoms with Gasteiger partial charge >= 0.3 is 0 Å². The third-order valence-electron chi connectivity index (χ3n) is 3.02. The Kier molecular flexibility index (Phi) is 6.21. The highest BCUT2D eigenvalue weighted by atomic mass is 32.2. The first-order chi connectivity index (χ1) is 10.6. The highest BCUT2D eigenvalue weighted by molar-refractivity contribution is 8.01. The van der Waals surface area contributed by atoms with E-state index in [9.17, 15) is 4.79 Å². The summed E-state index contributed by atoms with van der Waals surface area (Å²) in [5.74, 6) is 0.467. The molecule has 1 amide bonds. The van der Waals surface area contributed by atoms with Crippen molar-refractivity contribution in [3.8, 4) is 0 Å². The van der Waals surface area contributed by atoms with Crippen LogP contribution in [0.2, 0.25) is 0 Å². The van der Waals surface area contributed by atoms with Crippen molar-refractivity contribution >= 4 is 34.1 Å². The molecule has 0 aliphatic heterocycles. The highest BCUT2D eigenvalue weighted by Gasteiger charge is 2.12. The van der Waals surface area contributed by atoms with E-state index < -0.39 is 0 Å². The van der Waals surface area contributed by atoms with Gasteiger partial charge in [0.1, 0.15) is 0 Å². The zero-order valence-electron chi connectivity index (χ0n) is 13.0. The van der Waals surface area contributed by atoms with Gasteiger partial charge in [-0.25, -0.2) is 0 Å². The van der Waals surface area contributed by atoms with Gasteiger partial charge in [0, 0.05) is 20.1 Å². The summed E-state index contributed by atoms with van der Waals surface area (Å²) in [4.78, 5) is 13.9. The van der Waals surface area contributed by atoms with Crippen molar-refractivity contribution in [1.82, 2.24) is 15.1 Å². The van der Waals surface area contributed by atoms with E-state index in [0.717, 1.165) is 21.6 Å². The van der Waals surface area contributed by atoms with Crippen LogP contribution in [0.3, 0.4) is 0 Å². The fourth-order valence-corrected chi connectivity index (χ4v) is 3.54. The molecule has 5 nitrogen and oxygen atoms in total. The first kappa shape index (κ1) is 16.8. The normalized spacial score (nSPS) is 10.5. The Bertz CT molecular complexity index is 612. The van der Waals surface area contributed by atoms with Crippen molar-refractivity contribution in [3.63, 3.8) is 0 Å². The van der Waals surface area contributed by atoms with Gasteiger partial charge in [-0.1, -0.05) is 52.9 Å². The van der Waals surface area contributed by atoms with E-state index in [1.54, 1.807) is 4.90 Å². The molecule has 1 aromatic heterocycles. The second-order valence-electron chi connectivity index (χ2n) is 4.93. The topological polar surface area (TPSA) is 58.1 Å². The standard InChI is InChI=1S/C15H20N4OS2/c1-4-16-14-17-18-15(22-14)21-10-13(20)19(3)9-12-7-5-11(2)6-8-12/h5-8H,4,9-10H2,1-3H3,(H,16,17). The number of nitrogens with one attached hydrogen (secondary N) is 1. The molecule has 0 saturated carbocycles. The van der Waals surface area contributed by atoms with Crippen LogP contribution in [0.1, 0.15) is 18.1 Å². The summed E-state index contributed by atoms with van der Waals surface area (Å²) < 4.78 is 0.813. The third-order valence-corrected chi connectivity index (χ3v) is 5.02. The number of carbonyl (C=O) groups excluding carboxylic acids is 1. The predicted molar refractivity (Wildman–Crippen MR) is 92.4 cm³/mol. The summed E-state index contributed by atoms with van der Waals surface area (Å²) in [6.45, 7) is 5.51. The van der Waals surface area contributed by atoms with Crippen molar-refractivity contribution in [1.29, 1.82) is 0 Å². The number of aromatic nitrogens is 2. The van der Waals surface area contributed by atoms with Gasteiger partial charge in [0.2, 0.25) is 11.0 Å². The lowest BCUT2D eigenvalue weighted by molar-refractivity contribution is -0.127. The Morgan fingerprint density at radius 3 is 2.73 bits per heavy atom. The monoisotopic (exact) mass is 336 g/mol. The van der Waals surface area contributed by atoms with Crippen LogP contribution in [0, 0.1) is 6.92 Å². The SMILES string of the molecule is CCNc1nnc(SCC(=O)N(C)Cc2ccc(C)cc2)s1. The minimum Gasteiger partial charge on any atom is -0.360 e. The van der Waals surface area contributed by atoms with Gasteiger partial charge in [0.25, 0.3) is 0 Å². The van der Waals surface area contributed by atoms with Gasteiger partial charge in [0.05, 0.1) is 5.75 Å². The zero-order chi connectivity index (χ0) is 15.9. The zero-order valence-corrected chi connectivity index (χ0v) is 14.6. The molecule has 0 spiro atoms. The third kappa shape index (κ3) is 4.99. The van der Waals surface area contributed by atoms with E-state index in [4.69, 9.17) is 0 Å². The Morgan fingerprint density at radius 2 is 2.05 bits per heavy atom. The number of nitrogens with zero attached hydrogens (tertiary/aromatic N) is 3. The van der Waals surface area contributed by atoms with Crippen LogP contribution in [-0.2, 0) is 11.3 Å². The largest absolute Gasteiger partial charge is 0.360 e. The fraction of sp³-hybridized carbons (Fsp3) is 0.400. The van der Waals surface area contributed by atoms with Crippen molar-refractivity contribution in [2.75, 3.05) is 24.7 Å². The number of rotatable bonds is 7. The molecule has 1 N–H and O–H groups in total. The van der Waals surface area contributed by atoms with Crippen LogP contribution in [0.15, 0.2) is 28.6 Å². The summed E-state index contributed by atoms with van der Waals surface area (Å²) in [5.41, 5.74) is 2.36. The van der Waals surface area contributed by atoms with Gasteiger partial charge in [-0.15, -0.1) is 10.2 Å². The lowest BCUT2D eigenvalue weighted by Crippen LogP contribution is -2.27. The minimum atomic E-state index is 0.0887. The number of anilines is 1. The molecule has 0 radical (unpaired) electrons. The lowest BCUT2D eigenvalue weighted by atomic mass is 10.1. The number of amides is 1. The van der Waals surface area contributed by atoms with Gasteiger partial charge in [0.15, 0.2) is 4.34 Å². The van der Waals surface area contributed by atoms with E-state index in [2.05, 4.69) is 46.7 Å². The maximum Gasteiger partial charge on any atom is 0.233 e.